The number of esters is 2. The average Bonchev–Trinajstić information content (AvgIpc) is 3.45. The third kappa shape index (κ3) is 5.19. The minimum Gasteiger partial charge on any atom is -0.462 e. The number of rotatable bonds is 7. The maximum atomic E-state index is 13.5. The largest absolute Gasteiger partial charge is 0.462 e. The van der Waals surface area contributed by atoms with Gasteiger partial charge in [0.05, 0.1) is 12.3 Å². The zero-order valence-corrected chi connectivity index (χ0v) is 16.3. The van der Waals surface area contributed by atoms with Crippen LogP contribution in [0.2, 0.25) is 0 Å². The van der Waals surface area contributed by atoms with Gasteiger partial charge in [0, 0.05) is 5.92 Å². The maximum absolute atomic E-state index is 13.5. The Morgan fingerprint density at radius 2 is 1.76 bits per heavy atom. The monoisotopic (exact) mass is 488 g/mol. The first-order chi connectivity index (χ1) is 13.5. The Bertz CT molecular complexity index is 827. The lowest BCUT2D eigenvalue weighted by molar-refractivity contribution is -0.142. The lowest BCUT2D eigenvalue weighted by Gasteiger charge is -2.21. The number of carbonyl (C=O) groups excluding carboxylic acids is 3. The van der Waals surface area contributed by atoms with Crippen LogP contribution in [0.3, 0.4) is 0 Å². The predicted molar refractivity (Wildman–Crippen MR) is 90.7 cm³/mol. The molecule has 160 valence electrons. The van der Waals surface area contributed by atoms with E-state index < -0.39 is 70.1 Å². The summed E-state index contributed by atoms with van der Waals surface area (Å²) in [4.78, 5) is 39.5. The number of amides is 1. The van der Waals surface area contributed by atoms with Crippen LogP contribution in [0.15, 0.2) is 0 Å². The van der Waals surface area contributed by atoms with Gasteiger partial charge in [0.2, 0.25) is 5.91 Å². The van der Waals surface area contributed by atoms with E-state index >= 15 is 0 Å². The standard InChI is InChI=1S/C16H14BrF5N2O5/c1-2-28-15(27)8-9(24-13(25)6-3-4-6)7(14(26)29-5-17)10(12(18)19)23-11(8)16(20,21)22/h6,12H,2-5H2,1H3,(H,23,24,25). The van der Waals surface area contributed by atoms with Gasteiger partial charge < -0.3 is 14.8 Å². The molecule has 0 atom stereocenters. The zero-order valence-electron chi connectivity index (χ0n) is 14.7. The normalized spacial score (nSPS) is 13.9. The van der Waals surface area contributed by atoms with E-state index in [-0.39, 0.29) is 6.61 Å². The highest BCUT2D eigenvalue weighted by Gasteiger charge is 2.44. The number of anilines is 1. The molecule has 1 aliphatic rings. The summed E-state index contributed by atoms with van der Waals surface area (Å²) in [5.41, 5.74) is -7.64. The topological polar surface area (TPSA) is 94.6 Å². The first kappa shape index (κ1) is 23.0. The molecule has 0 aromatic carbocycles. The molecule has 1 aromatic heterocycles. The smallest absolute Gasteiger partial charge is 0.434 e. The second-order valence-electron chi connectivity index (χ2n) is 5.79. The van der Waals surface area contributed by atoms with Crippen LogP contribution in [-0.4, -0.2) is 35.0 Å². The van der Waals surface area contributed by atoms with E-state index in [4.69, 9.17) is 0 Å². The summed E-state index contributed by atoms with van der Waals surface area (Å²) in [5, 5.41) is 2.00. The van der Waals surface area contributed by atoms with E-state index in [2.05, 4.69) is 30.4 Å². The first-order valence-electron chi connectivity index (χ1n) is 8.17. The van der Waals surface area contributed by atoms with Crippen molar-refractivity contribution in [3.63, 3.8) is 0 Å². The van der Waals surface area contributed by atoms with Crippen LogP contribution in [0.25, 0.3) is 0 Å². The number of halogens is 6. The highest BCUT2D eigenvalue weighted by molar-refractivity contribution is 9.09. The van der Waals surface area contributed by atoms with E-state index in [1.807, 2.05) is 5.32 Å². The number of nitrogens with one attached hydrogen (secondary N) is 1. The fraction of sp³-hybridized carbons (Fsp3) is 0.500. The fourth-order valence-corrected chi connectivity index (χ4v) is 2.60. The molecule has 1 amide bonds. The molecule has 1 aromatic rings. The number of alkyl halides is 6. The summed E-state index contributed by atoms with van der Waals surface area (Å²) in [6.45, 7) is 0.943. The van der Waals surface area contributed by atoms with Gasteiger partial charge in [0.25, 0.3) is 6.43 Å². The average molecular weight is 489 g/mol. The number of carbonyl (C=O) groups is 3. The van der Waals surface area contributed by atoms with E-state index in [1.54, 1.807) is 0 Å². The Morgan fingerprint density at radius 1 is 1.17 bits per heavy atom. The zero-order chi connectivity index (χ0) is 21.9. The second kappa shape index (κ2) is 9.01. The van der Waals surface area contributed by atoms with Crippen LogP contribution in [0.4, 0.5) is 27.6 Å². The Morgan fingerprint density at radius 3 is 2.21 bits per heavy atom. The molecule has 29 heavy (non-hydrogen) atoms. The molecule has 1 aliphatic carbocycles. The van der Waals surface area contributed by atoms with E-state index in [0.29, 0.717) is 12.8 Å². The Kier molecular flexibility index (Phi) is 7.14. The van der Waals surface area contributed by atoms with E-state index in [1.165, 1.54) is 6.92 Å². The highest BCUT2D eigenvalue weighted by Crippen LogP contribution is 2.40. The summed E-state index contributed by atoms with van der Waals surface area (Å²) in [6, 6.07) is 0. The molecule has 0 spiro atoms. The van der Waals surface area contributed by atoms with Crippen molar-refractivity contribution in [3.05, 3.63) is 22.5 Å². The molecule has 0 unspecified atom stereocenters. The first-order valence-corrected chi connectivity index (χ1v) is 9.29. The van der Waals surface area contributed by atoms with Gasteiger partial charge in [-0.2, -0.15) is 13.2 Å². The summed E-state index contributed by atoms with van der Waals surface area (Å²) in [7, 11) is 0. The molecule has 1 heterocycles. The lowest BCUT2D eigenvalue weighted by atomic mass is 10.0. The molecule has 2 rings (SSSR count). The van der Waals surface area contributed by atoms with Crippen LogP contribution in [-0.2, 0) is 20.4 Å². The van der Waals surface area contributed by atoms with Gasteiger partial charge >= 0.3 is 18.1 Å². The highest BCUT2D eigenvalue weighted by atomic mass is 79.9. The quantitative estimate of drug-likeness (QED) is 0.353. The van der Waals surface area contributed by atoms with Gasteiger partial charge in [-0.15, -0.1) is 0 Å². The van der Waals surface area contributed by atoms with Crippen molar-refractivity contribution in [2.75, 3.05) is 17.4 Å². The number of aromatic nitrogens is 1. The minimum absolute atomic E-state index is 0.357. The summed E-state index contributed by atoms with van der Waals surface area (Å²) < 4.78 is 76.6. The lowest BCUT2D eigenvalue weighted by Crippen LogP contribution is -2.27. The molecule has 1 N–H and O–H groups in total. The number of ether oxygens (including phenoxy) is 2. The number of hydrogen-bond acceptors (Lipinski definition) is 6. The fourth-order valence-electron chi connectivity index (χ4n) is 2.39. The van der Waals surface area contributed by atoms with Gasteiger partial charge in [-0.25, -0.2) is 23.4 Å². The van der Waals surface area contributed by atoms with Crippen molar-refractivity contribution in [2.24, 2.45) is 5.92 Å². The van der Waals surface area contributed by atoms with Crippen molar-refractivity contribution in [1.82, 2.24) is 4.98 Å². The van der Waals surface area contributed by atoms with Gasteiger partial charge in [-0.05, 0) is 35.7 Å². The number of nitrogens with zero attached hydrogens (tertiary/aromatic N) is 1. The summed E-state index contributed by atoms with van der Waals surface area (Å²) >= 11 is 2.73. The summed E-state index contributed by atoms with van der Waals surface area (Å²) in [5.74, 6) is -4.51. The minimum atomic E-state index is -5.36. The molecule has 0 aliphatic heterocycles. The molecular formula is C16H14BrF5N2O5. The molecule has 0 bridgehead atoms. The van der Waals surface area contributed by atoms with Crippen molar-refractivity contribution in [3.8, 4) is 0 Å². The SMILES string of the molecule is CCOC(=O)c1c(C(F)(F)F)nc(C(F)F)c(C(=O)OCBr)c1NC(=O)C1CC1. The number of pyridine rings is 1. The molecule has 13 heteroatoms. The van der Waals surface area contributed by atoms with Crippen LogP contribution < -0.4 is 5.32 Å². The van der Waals surface area contributed by atoms with Gasteiger partial charge in [0.15, 0.2) is 5.69 Å². The third-order valence-electron chi connectivity index (χ3n) is 3.77. The Labute approximate surface area is 169 Å². The van der Waals surface area contributed by atoms with Crippen molar-refractivity contribution in [1.29, 1.82) is 0 Å². The van der Waals surface area contributed by atoms with Crippen LogP contribution in [0.5, 0.6) is 0 Å². The number of hydrogen-bond donors (Lipinski definition) is 1. The molecule has 1 saturated carbocycles. The van der Waals surface area contributed by atoms with Gasteiger partial charge in [-0.1, -0.05) is 0 Å². The van der Waals surface area contributed by atoms with Gasteiger partial charge in [0.1, 0.15) is 22.3 Å². The van der Waals surface area contributed by atoms with E-state index in [9.17, 15) is 36.3 Å². The molecule has 0 saturated heterocycles. The maximum Gasteiger partial charge on any atom is 0.434 e. The van der Waals surface area contributed by atoms with Crippen LogP contribution >= 0.6 is 15.9 Å². The molecule has 1 fully saturated rings. The van der Waals surface area contributed by atoms with Crippen LogP contribution in [0, 0.1) is 5.92 Å². The van der Waals surface area contributed by atoms with Crippen LogP contribution in [0.1, 0.15) is 58.3 Å². The molecular weight excluding hydrogens is 475 g/mol. The third-order valence-corrected chi connectivity index (χ3v) is 3.99. The van der Waals surface area contributed by atoms with Gasteiger partial charge in [-0.3, -0.25) is 4.79 Å². The Balaban J connectivity index is 2.87. The second-order valence-corrected chi connectivity index (χ2v) is 6.25. The van der Waals surface area contributed by atoms with Crippen molar-refractivity contribution < 1.29 is 45.8 Å². The molecule has 7 nitrogen and oxygen atoms in total. The van der Waals surface area contributed by atoms with Crippen molar-refractivity contribution >= 4 is 39.5 Å². The predicted octanol–water partition coefficient (Wildman–Crippen LogP) is 4.07. The van der Waals surface area contributed by atoms with Crippen molar-refractivity contribution in [2.45, 2.75) is 32.4 Å². The summed E-state index contributed by atoms with van der Waals surface area (Å²) in [6.07, 6.45) is -8.16. The van der Waals surface area contributed by atoms with E-state index in [0.717, 1.165) is 0 Å². The Hall–Kier alpha value is -2.31. The molecule has 0 radical (unpaired) electrons.